The molecule has 0 amide bonds. The van der Waals surface area contributed by atoms with Crippen LogP contribution in [0.15, 0.2) is 17.8 Å². The highest BCUT2D eigenvalue weighted by Gasteiger charge is 2.11. The summed E-state index contributed by atoms with van der Waals surface area (Å²) in [7, 11) is 1.96. The van der Waals surface area contributed by atoms with E-state index in [-0.39, 0.29) is 0 Å². The summed E-state index contributed by atoms with van der Waals surface area (Å²) in [6.45, 7) is 5.01. The van der Waals surface area contributed by atoms with Crippen LogP contribution in [0.25, 0.3) is 11.0 Å². The van der Waals surface area contributed by atoms with Crippen molar-refractivity contribution < 1.29 is 0 Å². The summed E-state index contributed by atoms with van der Waals surface area (Å²) < 4.78 is 0. The molecule has 0 unspecified atom stereocenters. The third-order valence-electron chi connectivity index (χ3n) is 2.98. The van der Waals surface area contributed by atoms with Crippen LogP contribution in [0, 0.1) is 0 Å². The lowest BCUT2D eigenvalue weighted by Crippen LogP contribution is -2.19. The number of nitrogens with zero attached hydrogens (tertiary/aromatic N) is 5. The first kappa shape index (κ1) is 13.0. The van der Waals surface area contributed by atoms with Crippen LogP contribution in [0.2, 0.25) is 0 Å². The number of aromatic nitrogens is 5. The number of anilines is 1. The van der Waals surface area contributed by atoms with Crippen molar-refractivity contribution in [3.8, 4) is 0 Å². The van der Waals surface area contributed by atoms with Crippen molar-refractivity contribution in [1.82, 2.24) is 25.1 Å². The SMILES string of the molecule is CC(C)c1nc(CN(C)c2ncc3cn[nH]c3n2)cs1. The van der Waals surface area contributed by atoms with Crippen molar-refractivity contribution >= 4 is 28.3 Å². The Hall–Kier alpha value is -2.02. The average Bonchev–Trinajstić information content (AvgIpc) is 3.05. The predicted molar refractivity (Wildman–Crippen MR) is 80.0 cm³/mol. The maximum absolute atomic E-state index is 4.63. The van der Waals surface area contributed by atoms with Gasteiger partial charge in [-0.2, -0.15) is 10.1 Å². The van der Waals surface area contributed by atoms with Gasteiger partial charge in [0.2, 0.25) is 5.95 Å². The van der Waals surface area contributed by atoms with Crippen molar-refractivity contribution in [2.45, 2.75) is 26.3 Å². The van der Waals surface area contributed by atoms with Crippen LogP contribution >= 0.6 is 11.3 Å². The minimum Gasteiger partial charge on any atom is -0.338 e. The van der Waals surface area contributed by atoms with Gasteiger partial charge in [0.25, 0.3) is 0 Å². The second kappa shape index (κ2) is 5.16. The molecular formula is C13H16N6S. The Balaban J connectivity index is 1.78. The number of thiazole rings is 1. The molecule has 7 heteroatoms. The Morgan fingerprint density at radius 1 is 1.30 bits per heavy atom. The van der Waals surface area contributed by atoms with Crippen LogP contribution in [0.1, 0.15) is 30.5 Å². The Morgan fingerprint density at radius 2 is 2.15 bits per heavy atom. The van der Waals surface area contributed by atoms with E-state index in [4.69, 9.17) is 0 Å². The first-order valence-electron chi connectivity index (χ1n) is 6.45. The highest BCUT2D eigenvalue weighted by Crippen LogP contribution is 2.21. The molecule has 0 radical (unpaired) electrons. The predicted octanol–water partition coefficient (Wildman–Crippen LogP) is 2.57. The summed E-state index contributed by atoms with van der Waals surface area (Å²) in [5.41, 5.74) is 1.80. The summed E-state index contributed by atoms with van der Waals surface area (Å²) in [6, 6.07) is 0. The molecule has 0 aromatic carbocycles. The van der Waals surface area contributed by atoms with Gasteiger partial charge in [-0.15, -0.1) is 11.3 Å². The molecule has 3 heterocycles. The fourth-order valence-corrected chi connectivity index (χ4v) is 2.71. The lowest BCUT2D eigenvalue weighted by molar-refractivity contribution is 0.811. The number of rotatable bonds is 4. The number of H-pyrrole nitrogens is 1. The molecule has 0 aliphatic rings. The Bertz CT molecular complexity index is 716. The average molecular weight is 288 g/mol. The molecule has 0 fully saturated rings. The molecule has 0 aliphatic heterocycles. The van der Waals surface area contributed by atoms with Gasteiger partial charge in [0.15, 0.2) is 5.65 Å². The fourth-order valence-electron chi connectivity index (χ4n) is 1.89. The van der Waals surface area contributed by atoms with Crippen LogP contribution in [0.5, 0.6) is 0 Å². The molecule has 0 aliphatic carbocycles. The second-order valence-corrected chi connectivity index (χ2v) is 5.92. The van der Waals surface area contributed by atoms with Gasteiger partial charge in [-0.05, 0) is 0 Å². The molecule has 6 nitrogen and oxygen atoms in total. The lowest BCUT2D eigenvalue weighted by Gasteiger charge is -2.15. The zero-order chi connectivity index (χ0) is 14.1. The topological polar surface area (TPSA) is 70.6 Å². The fraction of sp³-hybridized carbons (Fsp3) is 0.385. The maximum atomic E-state index is 4.63. The molecule has 104 valence electrons. The van der Waals surface area contributed by atoms with Crippen LogP contribution in [0.4, 0.5) is 5.95 Å². The van der Waals surface area contributed by atoms with E-state index < -0.39 is 0 Å². The normalized spacial score (nSPS) is 11.4. The Kier molecular flexibility index (Phi) is 3.35. The number of fused-ring (bicyclic) bond motifs is 1. The summed E-state index contributed by atoms with van der Waals surface area (Å²) in [4.78, 5) is 15.4. The minimum absolute atomic E-state index is 0.469. The number of nitrogens with one attached hydrogen (secondary N) is 1. The summed E-state index contributed by atoms with van der Waals surface area (Å²) in [5.74, 6) is 1.14. The first-order valence-corrected chi connectivity index (χ1v) is 7.33. The molecule has 1 N–H and O–H groups in total. The van der Waals surface area contributed by atoms with Gasteiger partial charge in [0.1, 0.15) is 0 Å². The van der Waals surface area contributed by atoms with Crippen molar-refractivity contribution in [2.75, 3.05) is 11.9 Å². The van der Waals surface area contributed by atoms with Gasteiger partial charge >= 0.3 is 0 Å². The van der Waals surface area contributed by atoms with Gasteiger partial charge < -0.3 is 4.90 Å². The highest BCUT2D eigenvalue weighted by atomic mass is 32.1. The Morgan fingerprint density at radius 3 is 2.90 bits per heavy atom. The zero-order valence-corrected chi connectivity index (χ0v) is 12.5. The van der Waals surface area contributed by atoms with Gasteiger partial charge in [-0.25, -0.2) is 9.97 Å². The van der Waals surface area contributed by atoms with Gasteiger partial charge in [0, 0.05) is 24.5 Å². The monoisotopic (exact) mass is 288 g/mol. The van der Waals surface area contributed by atoms with Crippen molar-refractivity contribution in [3.05, 3.63) is 28.5 Å². The number of aromatic amines is 1. The largest absolute Gasteiger partial charge is 0.338 e. The third-order valence-corrected chi connectivity index (χ3v) is 4.18. The van der Waals surface area contributed by atoms with Crippen molar-refractivity contribution in [2.24, 2.45) is 0 Å². The number of hydrogen-bond donors (Lipinski definition) is 1. The van der Waals surface area contributed by atoms with E-state index >= 15 is 0 Å². The van der Waals surface area contributed by atoms with Gasteiger partial charge in [0.05, 0.1) is 28.8 Å². The summed E-state index contributed by atoms with van der Waals surface area (Å²) in [6.07, 6.45) is 3.49. The zero-order valence-electron chi connectivity index (χ0n) is 11.7. The molecule has 0 spiro atoms. The van der Waals surface area contributed by atoms with Gasteiger partial charge in [-0.3, -0.25) is 5.10 Å². The molecule has 0 saturated heterocycles. The summed E-state index contributed by atoms with van der Waals surface area (Å²) in [5, 5.41) is 11.0. The quantitative estimate of drug-likeness (QED) is 0.799. The van der Waals surface area contributed by atoms with Gasteiger partial charge in [-0.1, -0.05) is 13.8 Å². The number of hydrogen-bond acceptors (Lipinski definition) is 6. The van der Waals surface area contributed by atoms with E-state index in [2.05, 4.69) is 44.4 Å². The van der Waals surface area contributed by atoms with E-state index in [9.17, 15) is 0 Å². The van der Waals surface area contributed by atoms with Crippen LogP contribution in [-0.4, -0.2) is 32.2 Å². The molecule has 3 aromatic rings. The van der Waals surface area contributed by atoms with E-state index in [1.165, 1.54) is 5.01 Å². The molecule has 3 rings (SSSR count). The molecule has 0 bridgehead atoms. The van der Waals surface area contributed by atoms with E-state index in [1.807, 2.05) is 11.9 Å². The smallest absolute Gasteiger partial charge is 0.227 e. The van der Waals surface area contributed by atoms with Crippen LogP contribution < -0.4 is 4.90 Å². The van der Waals surface area contributed by atoms with Crippen LogP contribution in [-0.2, 0) is 6.54 Å². The molecule has 0 saturated carbocycles. The molecular weight excluding hydrogens is 272 g/mol. The lowest BCUT2D eigenvalue weighted by atomic mass is 10.2. The van der Waals surface area contributed by atoms with Crippen molar-refractivity contribution in [1.29, 1.82) is 0 Å². The van der Waals surface area contributed by atoms with Crippen LogP contribution in [0.3, 0.4) is 0 Å². The molecule has 20 heavy (non-hydrogen) atoms. The Labute approximate surface area is 120 Å². The summed E-state index contributed by atoms with van der Waals surface area (Å²) >= 11 is 1.70. The highest BCUT2D eigenvalue weighted by molar-refractivity contribution is 7.09. The minimum atomic E-state index is 0.469. The molecule has 0 atom stereocenters. The maximum Gasteiger partial charge on any atom is 0.227 e. The van der Waals surface area contributed by atoms with E-state index in [1.54, 1.807) is 23.7 Å². The van der Waals surface area contributed by atoms with E-state index in [0.29, 0.717) is 18.4 Å². The van der Waals surface area contributed by atoms with Crippen molar-refractivity contribution in [3.63, 3.8) is 0 Å². The van der Waals surface area contributed by atoms with E-state index in [0.717, 1.165) is 16.7 Å². The second-order valence-electron chi connectivity index (χ2n) is 5.03. The third kappa shape index (κ3) is 2.49. The molecule has 3 aromatic heterocycles. The standard InChI is InChI=1S/C13H16N6S/c1-8(2)12-16-10(7-20-12)6-19(3)13-14-4-9-5-15-18-11(9)17-13/h4-5,7-8H,6H2,1-3H3,(H,14,15,17,18). The first-order chi connectivity index (χ1) is 9.63.